The van der Waals surface area contributed by atoms with Gasteiger partial charge in [-0.05, 0) is 20.8 Å². The summed E-state index contributed by atoms with van der Waals surface area (Å²) in [6.45, 7) is 4.69. The lowest BCUT2D eigenvalue weighted by atomic mass is 10.1. The Bertz CT molecular complexity index is 698. The summed E-state index contributed by atoms with van der Waals surface area (Å²) in [6.07, 6.45) is -1.35. The van der Waals surface area contributed by atoms with E-state index >= 15 is 0 Å². The van der Waals surface area contributed by atoms with E-state index in [-0.39, 0.29) is 25.4 Å². The van der Waals surface area contributed by atoms with Crippen LogP contribution >= 0.6 is 42.4 Å². The number of benzene rings is 1. The smallest absolute Gasteiger partial charge is 0.408 e. The van der Waals surface area contributed by atoms with Crippen molar-refractivity contribution in [2.24, 2.45) is 0 Å². The lowest BCUT2D eigenvalue weighted by Crippen LogP contribution is -2.39. The molecule has 1 aromatic carbocycles. The second-order valence-corrected chi connectivity index (χ2v) is 10.5. The molecule has 0 aliphatic carbocycles. The summed E-state index contributed by atoms with van der Waals surface area (Å²) in [7, 11) is -3.86. The van der Waals surface area contributed by atoms with Crippen LogP contribution in [0.4, 0.5) is 4.79 Å². The molecule has 0 saturated heterocycles. The van der Waals surface area contributed by atoms with Crippen molar-refractivity contribution < 1.29 is 27.9 Å². The fourth-order valence-electron chi connectivity index (χ4n) is 2.18. The van der Waals surface area contributed by atoms with Crippen LogP contribution in [0.5, 0.6) is 0 Å². The van der Waals surface area contributed by atoms with Gasteiger partial charge < -0.3 is 19.1 Å². The molecular weight excluding hydrogens is 452 g/mol. The molecule has 0 aliphatic heterocycles. The van der Waals surface area contributed by atoms with Crippen molar-refractivity contribution in [3.63, 3.8) is 0 Å². The van der Waals surface area contributed by atoms with E-state index in [4.69, 9.17) is 48.6 Å². The van der Waals surface area contributed by atoms with E-state index < -0.39 is 29.9 Å². The number of ether oxygens (including phenoxy) is 1. The van der Waals surface area contributed by atoms with Crippen molar-refractivity contribution in [2.45, 2.75) is 36.8 Å². The number of halogens is 3. The molecule has 28 heavy (non-hydrogen) atoms. The van der Waals surface area contributed by atoms with Crippen LogP contribution in [0.25, 0.3) is 0 Å². The SMILES string of the molecule is CCOP(=O)(OCC)[C@H](CC(=O)c1ccc(C)cc1)NC(=O)OCC(Cl)(Cl)Cl. The fraction of sp³-hybridized carbons (Fsp3) is 0.529. The highest BCUT2D eigenvalue weighted by Crippen LogP contribution is 2.53. The number of amides is 1. The number of hydrogen-bond acceptors (Lipinski definition) is 6. The third-order valence-corrected chi connectivity index (χ3v) is 6.04. The highest BCUT2D eigenvalue weighted by atomic mass is 35.6. The molecule has 0 spiro atoms. The first-order valence-corrected chi connectivity index (χ1v) is 11.2. The van der Waals surface area contributed by atoms with Gasteiger partial charge in [-0.3, -0.25) is 9.36 Å². The molecule has 0 heterocycles. The lowest BCUT2D eigenvalue weighted by Gasteiger charge is -2.26. The van der Waals surface area contributed by atoms with Gasteiger partial charge >= 0.3 is 13.7 Å². The quantitative estimate of drug-likeness (QED) is 0.283. The Kier molecular flexibility index (Phi) is 10.3. The maximum atomic E-state index is 13.1. The minimum atomic E-state index is -3.86. The maximum Gasteiger partial charge on any atom is 0.408 e. The van der Waals surface area contributed by atoms with E-state index in [9.17, 15) is 14.2 Å². The zero-order valence-corrected chi connectivity index (χ0v) is 18.9. The van der Waals surface area contributed by atoms with Crippen LogP contribution in [0.1, 0.15) is 36.2 Å². The van der Waals surface area contributed by atoms with Crippen LogP contribution in [-0.2, 0) is 18.3 Å². The number of alkyl halides is 3. The average Bonchev–Trinajstić information content (AvgIpc) is 2.59. The van der Waals surface area contributed by atoms with Gasteiger partial charge in [-0.2, -0.15) is 0 Å². The minimum absolute atomic E-state index is 0.0530. The van der Waals surface area contributed by atoms with Gasteiger partial charge in [-0.15, -0.1) is 0 Å². The Hall–Kier alpha value is -0.820. The summed E-state index contributed by atoms with van der Waals surface area (Å²) in [6, 6.07) is 6.83. The van der Waals surface area contributed by atoms with E-state index in [1.165, 1.54) is 0 Å². The Labute approximate surface area is 179 Å². The van der Waals surface area contributed by atoms with Crippen molar-refractivity contribution in [3.8, 4) is 0 Å². The van der Waals surface area contributed by atoms with E-state index in [1.807, 2.05) is 6.92 Å². The van der Waals surface area contributed by atoms with Crippen molar-refractivity contribution in [1.29, 1.82) is 0 Å². The number of ketones is 1. The first-order valence-electron chi connectivity index (χ1n) is 8.49. The topological polar surface area (TPSA) is 90.9 Å². The summed E-state index contributed by atoms with van der Waals surface area (Å²) < 4.78 is 26.7. The number of carbonyl (C=O) groups is 2. The van der Waals surface area contributed by atoms with Gasteiger partial charge in [0.15, 0.2) is 5.78 Å². The van der Waals surface area contributed by atoms with Gasteiger partial charge in [-0.1, -0.05) is 64.6 Å². The zero-order chi connectivity index (χ0) is 21.4. The molecule has 11 heteroatoms. The number of nitrogens with one attached hydrogen (secondary N) is 1. The summed E-state index contributed by atoms with van der Waals surface area (Å²) >= 11 is 16.6. The molecule has 158 valence electrons. The van der Waals surface area contributed by atoms with Crippen LogP contribution in [0.2, 0.25) is 0 Å². The van der Waals surface area contributed by atoms with Crippen LogP contribution < -0.4 is 5.32 Å². The van der Waals surface area contributed by atoms with Crippen molar-refractivity contribution in [1.82, 2.24) is 5.32 Å². The Morgan fingerprint density at radius 3 is 2.11 bits per heavy atom. The molecule has 1 atom stereocenters. The standard InChI is InChI=1S/C17H23Cl3NO6P/c1-4-26-28(24,27-5-2)15(21-16(23)25-11-17(18,19)20)10-14(22)13-8-6-12(3)7-9-13/h6-9,15H,4-5,10-11H2,1-3H3,(H,21,23)/t15-/m1/s1. The van der Waals surface area contributed by atoms with E-state index in [0.29, 0.717) is 5.56 Å². The van der Waals surface area contributed by atoms with E-state index in [0.717, 1.165) is 5.56 Å². The lowest BCUT2D eigenvalue weighted by molar-refractivity contribution is 0.0965. The summed E-state index contributed by atoms with van der Waals surface area (Å²) in [5.41, 5.74) is 1.38. The molecule has 0 aliphatic rings. The Morgan fingerprint density at radius 2 is 1.64 bits per heavy atom. The molecule has 0 bridgehead atoms. The van der Waals surface area contributed by atoms with Gasteiger partial charge in [0.25, 0.3) is 0 Å². The molecule has 0 unspecified atom stereocenters. The van der Waals surface area contributed by atoms with Crippen LogP contribution in [0.15, 0.2) is 24.3 Å². The molecule has 1 rings (SSSR count). The van der Waals surface area contributed by atoms with Gasteiger partial charge in [0.2, 0.25) is 3.79 Å². The number of hydrogen-bond donors (Lipinski definition) is 1. The molecule has 1 amide bonds. The van der Waals surface area contributed by atoms with Crippen molar-refractivity contribution >= 4 is 54.3 Å². The molecule has 1 aromatic rings. The number of rotatable bonds is 10. The largest absolute Gasteiger partial charge is 0.445 e. The summed E-state index contributed by atoms with van der Waals surface area (Å²) in [5, 5.41) is 2.34. The van der Waals surface area contributed by atoms with Gasteiger partial charge in [-0.25, -0.2) is 4.79 Å². The third-order valence-electron chi connectivity index (χ3n) is 3.40. The first kappa shape index (κ1) is 25.2. The second kappa shape index (κ2) is 11.4. The molecular formula is C17H23Cl3NO6P. The Balaban J connectivity index is 3.02. The molecule has 0 fully saturated rings. The molecule has 1 N–H and O–H groups in total. The number of aryl methyl sites for hydroxylation is 1. The molecule has 7 nitrogen and oxygen atoms in total. The van der Waals surface area contributed by atoms with Gasteiger partial charge in [0.05, 0.1) is 13.2 Å². The average molecular weight is 475 g/mol. The van der Waals surface area contributed by atoms with E-state index in [1.54, 1.807) is 38.1 Å². The van der Waals surface area contributed by atoms with Crippen LogP contribution in [-0.4, -0.2) is 41.3 Å². The van der Waals surface area contributed by atoms with Gasteiger partial charge in [0.1, 0.15) is 12.4 Å². The van der Waals surface area contributed by atoms with Crippen LogP contribution in [0.3, 0.4) is 0 Å². The normalized spacial score (nSPS) is 13.1. The minimum Gasteiger partial charge on any atom is -0.445 e. The predicted octanol–water partition coefficient (Wildman–Crippen LogP) is 5.26. The van der Waals surface area contributed by atoms with E-state index in [2.05, 4.69) is 5.32 Å². The highest BCUT2D eigenvalue weighted by molar-refractivity contribution is 7.54. The molecule has 0 aromatic heterocycles. The third kappa shape index (κ3) is 8.68. The zero-order valence-electron chi connectivity index (χ0n) is 15.7. The fourth-order valence-corrected chi connectivity index (χ4v) is 4.15. The maximum absolute atomic E-state index is 13.1. The van der Waals surface area contributed by atoms with Crippen LogP contribution in [0, 0.1) is 6.92 Å². The summed E-state index contributed by atoms with van der Waals surface area (Å²) in [5.74, 6) is -1.63. The predicted molar refractivity (Wildman–Crippen MR) is 110 cm³/mol. The van der Waals surface area contributed by atoms with Crippen molar-refractivity contribution in [2.75, 3.05) is 19.8 Å². The van der Waals surface area contributed by atoms with Gasteiger partial charge in [0, 0.05) is 12.0 Å². The number of alkyl carbamates (subject to hydrolysis) is 1. The molecule has 0 radical (unpaired) electrons. The number of carbonyl (C=O) groups excluding carboxylic acids is 2. The first-order chi connectivity index (χ1) is 13.0. The van der Waals surface area contributed by atoms with Crippen molar-refractivity contribution in [3.05, 3.63) is 35.4 Å². The highest BCUT2D eigenvalue weighted by Gasteiger charge is 2.39. The molecule has 0 saturated carbocycles. The number of Topliss-reactive ketones (excluding diaryl/α,β-unsaturated/α-hetero) is 1. The Morgan fingerprint density at radius 1 is 1.11 bits per heavy atom. The second-order valence-electron chi connectivity index (χ2n) is 5.72. The summed E-state index contributed by atoms with van der Waals surface area (Å²) in [4.78, 5) is 24.7. The monoisotopic (exact) mass is 473 g/mol.